The summed E-state index contributed by atoms with van der Waals surface area (Å²) in [6, 6.07) is 9.65. The van der Waals surface area contributed by atoms with Crippen molar-refractivity contribution in [3.63, 3.8) is 0 Å². The molecule has 1 unspecified atom stereocenters. The third kappa shape index (κ3) is 2.36. The molecule has 0 fully saturated rings. The van der Waals surface area contributed by atoms with Crippen LogP contribution in [0.4, 0.5) is 0 Å². The molecule has 0 saturated heterocycles. The molecule has 0 radical (unpaired) electrons. The van der Waals surface area contributed by atoms with Crippen LogP contribution in [-0.4, -0.2) is 22.6 Å². The van der Waals surface area contributed by atoms with E-state index in [1.54, 1.807) is 24.2 Å². The van der Waals surface area contributed by atoms with Gasteiger partial charge in [-0.2, -0.15) is 0 Å². The fourth-order valence-electron chi connectivity index (χ4n) is 2.04. The molecule has 1 aliphatic rings. The first-order valence-electron chi connectivity index (χ1n) is 6.09. The third-order valence-corrected chi connectivity index (χ3v) is 4.22. The van der Waals surface area contributed by atoms with Crippen LogP contribution >= 0.6 is 11.8 Å². The monoisotopic (exact) mass is 271 g/mol. The number of aromatic nitrogens is 1. The van der Waals surface area contributed by atoms with Crippen molar-refractivity contribution >= 4 is 17.5 Å². The number of para-hydroxylation sites is 1. The second-order valence-corrected chi connectivity index (χ2v) is 5.48. The minimum Gasteiger partial charge on any atom is -0.480 e. The van der Waals surface area contributed by atoms with Crippen molar-refractivity contribution in [1.82, 2.24) is 4.98 Å². The molecule has 0 amide bonds. The Bertz CT molecular complexity index is 627. The van der Waals surface area contributed by atoms with E-state index in [0.29, 0.717) is 11.3 Å². The maximum atomic E-state index is 12.5. The van der Waals surface area contributed by atoms with E-state index in [1.165, 1.54) is 0 Å². The van der Waals surface area contributed by atoms with Gasteiger partial charge < -0.3 is 4.74 Å². The fourth-order valence-corrected chi connectivity index (χ4v) is 3.03. The molecule has 2 heterocycles. The van der Waals surface area contributed by atoms with Crippen molar-refractivity contribution in [2.24, 2.45) is 0 Å². The van der Waals surface area contributed by atoms with Crippen LogP contribution in [0, 0.1) is 6.92 Å². The first kappa shape index (κ1) is 12.2. The Morgan fingerprint density at radius 1 is 1.37 bits per heavy atom. The Kier molecular flexibility index (Phi) is 3.25. The molecule has 1 aliphatic heterocycles. The number of thioether (sulfide) groups is 1. The largest absolute Gasteiger partial charge is 0.480 e. The number of rotatable bonds is 2. The summed E-state index contributed by atoms with van der Waals surface area (Å²) in [5.41, 5.74) is 1.58. The maximum Gasteiger partial charge on any atom is 0.205 e. The smallest absolute Gasteiger partial charge is 0.205 e. The van der Waals surface area contributed by atoms with E-state index in [2.05, 4.69) is 4.98 Å². The summed E-state index contributed by atoms with van der Waals surface area (Å²) in [6.45, 7) is 1.92. The van der Waals surface area contributed by atoms with Crippen LogP contribution in [0.1, 0.15) is 15.9 Å². The molecule has 1 atom stereocenters. The number of benzene rings is 1. The molecule has 4 heteroatoms. The van der Waals surface area contributed by atoms with Crippen molar-refractivity contribution in [3.8, 4) is 5.75 Å². The summed E-state index contributed by atoms with van der Waals surface area (Å²) in [5, 5.41) is 0. The van der Waals surface area contributed by atoms with Gasteiger partial charge in [0.05, 0.1) is 0 Å². The highest BCUT2D eigenvalue weighted by Gasteiger charge is 2.28. The fraction of sp³-hybridized carbons (Fsp3) is 0.200. The van der Waals surface area contributed by atoms with Gasteiger partial charge in [-0.05, 0) is 30.7 Å². The standard InChI is InChI=1S/C15H13NO2S/c1-10-6-7-16-8-11(10)15(17)13-9-19-14-5-3-2-4-12(14)18-13/h2-8,13H,9H2,1H3. The number of ether oxygens (including phenoxy) is 1. The lowest BCUT2D eigenvalue weighted by atomic mass is 10.0. The molecule has 1 aromatic carbocycles. The molecule has 96 valence electrons. The van der Waals surface area contributed by atoms with E-state index in [-0.39, 0.29) is 5.78 Å². The highest BCUT2D eigenvalue weighted by atomic mass is 32.2. The molecular weight excluding hydrogens is 258 g/mol. The van der Waals surface area contributed by atoms with Crippen molar-refractivity contribution in [2.75, 3.05) is 5.75 Å². The van der Waals surface area contributed by atoms with Crippen molar-refractivity contribution < 1.29 is 9.53 Å². The number of hydrogen-bond acceptors (Lipinski definition) is 4. The van der Waals surface area contributed by atoms with Gasteiger partial charge in [0.25, 0.3) is 0 Å². The zero-order chi connectivity index (χ0) is 13.2. The Morgan fingerprint density at radius 3 is 3.05 bits per heavy atom. The van der Waals surface area contributed by atoms with Gasteiger partial charge in [0.1, 0.15) is 5.75 Å². The molecule has 3 nitrogen and oxygen atoms in total. The molecular formula is C15H13NO2S. The van der Waals surface area contributed by atoms with Crippen LogP contribution in [0.5, 0.6) is 5.75 Å². The number of fused-ring (bicyclic) bond motifs is 1. The van der Waals surface area contributed by atoms with E-state index in [0.717, 1.165) is 16.2 Å². The Hall–Kier alpha value is -1.81. The van der Waals surface area contributed by atoms with Crippen LogP contribution in [0.3, 0.4) is 0 Å². The summed E-state index contributed by atoms with van der Waals surface area (Å²) in [7, 11) is 0. The van der Waals surface area contributed by atoms with Crippen molar-refractivity contribution in [3.05, 3.63) is 53.9 Å². The first-order valence-corrected chi connectivity index (χ1v) is 7.07. The minimum atomic E-state index is -0.428. The molecule has 0 N–H and O–H groups in total. The van der Waals surface area contributed by atoms with Crippen LogP contribution in [0.15, 0.2) is 47.6 Å². The van der Waals surface area contributed by atoms with E-state index in [9.17, 15) is 4.79 Å². The van der Waals surface area contributed by atoms with Gasteiger partial charge in [-0.25, -0.2) is 0 Å². The number of ketones is 1. The number of hydrogen-bond donors (Lipinski definition) is 0. The minimum absolute atomic E-state index is 0.00704. The lowest BCUT2D eigenvalue weighted by molar-refractivity contribution is 0.0814. The number of carbonyl (C=O) groups is 1. The van der Waals surface area contributed by atoms with Gasteiger partial charge >= 0.3 is 0 Å². The zero-order valence-electron chi connectivity index (χ0n) is 10.5. The highest BCUT2D eigenvalue weighted by molar-refractivity contribution is 7.99. The summed E-state index contributed by atoms with van der Waals surface area (Å²) in [6.07, 6.45) is 2.88. The van der Waals surface area contributed by atoms with Crippen LogP contribution < -0.4 is 4.74 Å². The van der Waals surface area contributed by atoms with Crippen molar-refractivity contribution in [1.29, 1.82) is 0 Å². The summed E-state index contributed by atoms with van der Waals surface area (Å²) in [4.78, 5) is 17.6. The summed E-state index contributed by atoms with van der Waals surface area (Å²) in [5.74, 6) is 1.44. The topological polar surface area (TPSA) is 39.2 Å². The molecule has 19 heavy (non-hydrogen) atoms. The Morgan fingerprint density at radius 2 is 2.21 bits per heavy atom. The van der Waals surface area contributed by atoms with E-state index in [1.807, 2.05) is 37.3 Å². The quantitative estimate of drug-likeness (QED) is 0.787. The van der Waals surface area contributed by atoms with Crippen LogP contribution in [0.2, 0.25) is 0 Å². The highest BCUT2D eigenvalue weighted by Crippen LogP contribution is 2.35. The second kappa shape index (κ2) is 5.05. The predicted molar refractivity (Wildman–Crippen MR) is 74.9 cm³/mol. The van der Waals surface area contributed by atoms with Gasteiger partial charge in [0.15, 0.2) is 6.10 Å². The maximum absolute atomic E-state index is 12.5. The van der Waals surface area contributed by atoms with Gasteiger partial charge in [0, 0.05) is 28.6 Å². The Balaban J connectivity index is 1.86. The number of Topliss-reactive ketones (excluding diaryl/α,β-unsaturated/α-hetero) is 1. The van der Waals surface area contributed by atoms with E-state index < -0.39 is 6.10 Å². The molecule has 1 aromatic heterocycles. The van der Waals surface area contributed by atoms with Gasteiger partial charge in [-0.15, -0.1) is 11.8 Å². The molecule has 0 saturated carbocycles. The van der Waals surface area contributed by atoms with Gasteiger partial charge in [-0.3, -0.25) is 9.78 Å². The SMILES string of the molecule is Cc1ccncc1C(=O)C1CSc2ccccc2O1. The number of nitrogens with zero attached hydrogens (tertiary/aromatic N) is 1. The third-order valence-electron chi connectivity index (χ3n) is 3.11. The van der Waals surface area contributed by atoms with Crippen molar-refractivity contribution in [2.45, 2.75) is 17.9 Å². The van der Waals surface area contributed by atoms with E-state index >= 15 is 0 Å². The number of carbonyl (C=O) groups excluding carboxylic acids is 1. The first-order chi connectivity index (χ1) is 9.25. The molecule has 2 aromatic rings. The lowest BCUT2D eigenvalue weighted by Crippen LogP contribution is -2.32. The molecule has 0 bridgehead atoms. The molecule has 0 aliphatic carbocycles. The van der Waals surface area contributed by atoms with Crippen LogP contribution in [-0.2, 0) is 0 Å². The second-order valence-electron chi connectivity index (χ2n) is 4.42. The number of aryl methyl sites for hydroxylation is 1. The number of pyridine rings is 1. The van der Waals surface area contributed by atoms with Gasteiger partial charge in [0.2, 0.25) is 5.78 Å². The van der Waals surface area contributed by atoms with Crippen LogP contribution in [0.25, 0.3) is 0 Å². The van der Waals surface area contributed by atoms with Gasteiger partial charge in [-0.1, -0.05) is 12.1 Å². The molecule has 3 rings (SSSR count). The summed E-state index contributed by atoms with van der Waals surface area (Å²) >= 11 is 1.66. The van der Waals surface area contributed by atoms with E-state index in [4.69, 9.17) is 4.74 Å². The predicted octanol–water partition coefficient (Wildman–Crippen LogP) is 3.13. The molecule has 0 spiro atoms. The average molecular weight is 271 g/mol. The zero-order valence-corrected chi connectivity index (χ0v) is 11.3. The Labute approximate surface area is 116 Å². The lowest BCUT2D eigenvalue weighted by Gasteiger charge is -2.24. The average Bonchev–Trinajstić information content (AvgIpc) is 2.46. The normalized spacial score (nSPS) is 17.4. The summed E-state index contributed by atoms with van der Waals surface area (Å²) < 4.78 is 5.80.